The average molecular weight is 604 g/mol. The first kappa shape index (κ1) is 29.0. The maximum Gasteiger partial charge on any atom is 0.439 e. The number of hydrogen-bond donors (Lipinski definition) is 2. The van der Waals surface area contributed by atoms with Crippen LogP contribution in [0, 0.1) is 12.7 Å². The minimum atomic E-state index is -1.33. The second-order valence-corrected chi connectivity index (χ2v) is 17.9. The first-order valence-corrected chi connectivity index (χ1v) is 18.0. The topological polar surface area (TPSA) is 128 Å². The van der Waals surface area contributed by atoms with Gasteiger partial charge in [-0.3, -0.25) is 14.1 Å². The van der Waals surface area contributed by atoms with E-state index in [1.165, 1.54) is 6.07 Å². The molecule has 1 saturated carbocycles. The molecule has 1 aliphatic carbocycles. The largest absolute Gasteiger partial charge is 0.439 e. The molecule has 2 N–H and O–H groups in total. The van der Waals surface area contributed by atoms with Crippen molar-refractivity contribution in [2.24, 2.45) is 0 Å². The fourth-order valence-electron chi connectivity index (χ4n) is 4.99. The lowest BCUT2D eigenvalue weighted by Gasteiger charge is -2.37. The lowest BCUT2D eigenvalue weighted by atomic mass is 9.75. The summed E-state index contributed by atoms with van der Waals surface area (Å²) in [6.07, 6.45) is 2.44. The molecule has 3 heterocycles. The third-order valence-corrected chi connectivity index (χ3v) is 9.56. The molecule has 0 saturated heterocycles. The van der Waals surface area contributed by atoms with Crippen LogP contribution in [-0.4, -0.2) is 44.5 Å². The molecule has 0 spiro atoms. The van der Waals surface area contributed by atoms with E-state index < -0.39 is 25.2 Å². The van der Waals surface area contributed by atoms with E-state index in [4.69, 9.17) is 9.47 Å². The van der Waals surface area contributed by atoms with Crippen LogP contribution in [0.25, 0.3) is 33.8 Å². The average Bonchev–Trinajstić information content (AvgIpc) is 3.53. The van der Waals surface area contributed by atoms with Crippen LogP contribution in [0.15, 0.2) is 57.8 Å². The van der Waals surface area contributed by atoms with Crippen LogP contribution in [0.3, 0.4) is 0 Å². The smallest absolute Gasteiger partial charge is 0.425 e. The van der Waals surface area contributed by atoms with Gasteiger partial charge in [-0.1, -0.05) is 61.2 Å². The summed E-state index contributed by atoms with van der Waals surface area (Å²) in [5.41, 5.74) is 2.89. The van der Waals surface area contributed by atoms with Crippen molar-refractivity contribution >= 4 is 19.2 Å². The van der Waals surface area contributed by atoms with Crippen molar-refractivity contribution in [2.75, 3.05) is 6.61 Å². The third kappa shape index (κ3) is 6.03. The molecular formula is C31H34FN5O5Si. The molecule has 43 heavy (non-hydrogen) atoms. The Morgan fingerprint density at radius 1 is 1.09 bits per heavy atom. The number of H-pyrrole nitrogens is 1. The number of halogens is 1. The van der Waals surface area contributed by atoms with Crippen LogP contribution in [0.5, 0.6) is 11.8 Å². The molecule has 12 heteroatoms. The van der Waals surface area contributed by atoms with Gasteiger partial charge in [0.15, 0.2) is 17.3 Å². The number of hydrogen-bond acceptors (Lipinski definition) is 8. The van der Waals surface area contributed by atoms with Crippen molar-refractivity contribution in [3.63, 3.8) is 0 Å². The number of aliphatic hydroxyl groups is 1. The number of aryl methyl sites for hydroxylation is 1. The molecular weight excluding hydrogens is 569 g/mol. The van der Waals surface area contributed by atoms with Gasteiger partial charge >= 0.3 is 11.8 Å². The summed E-state index contributed by atoms with van der Waals surface area (Å²) >= 11 is 0. The number of rotatable bonds is 10. The Morgan fingerprint density at radius 2 is 1.84 bits per heavy atom. The zero-order chi connectivity index (χ0) is 30.4. The maximum absolute atomic E-state index is 15.6. The number of aromatic amines is 1. The Labute approximate surface area is 248 Å². The summed E-state index contributed by atoms with van der Waals surface area (Å²) in [5.74, 6) is -0.439. The number of aromatic nitrogens is 5. The zero-order valence-electron chi connectivity index (χ0n) is 24.6. The molecule has 0 bridgehead atoms. The van der Waals surface area contributed by atoms with Gasteiger partial charge in [-0.25, -0.2) is 14.2 Å². The van der Waals surface area contributed by atoms with Gasteiger partial charge in [0, 0.05) is 31.9 Å². The number of nitrogens with zero attached hydrogens (tertiary/aromatic N) is 4. The highest BCUT2D eigenvalue weighted by Gasteiger charge is 2.36. The van der Waals surface area contributed by atoms with E-state index in [0.717, 1.165) is 36.4 Å². The van der Waals surface area contributed by atoms with Crippen molar-refractivity contribution in [3.05, 3.63) is 76.0 Å². The molecule has 224 valence electrons. The van der Waals surface area contributed by atoms with Crippen LogP contribution in [0.4, 0.5) is 4.39 Å². The van der Waals surface area contributed by atoms with Gasteiger partial charge in [0.25, 0.3) is 0 Å². The van der Waals surface area contributed by atoms with Crippen molar-refractivity contribution in [1.29, 1.82) is 0 Å². The highest BCUT2D eigenvalue weighted by molar-refractivity contribution is 6.76. The number of benzene rings is 2. The molecule has 6 rings (SSSR count). The fraction of sp³-hybridized carbons (Fsp3) is 0.355. The molecule has 2 aromatic carbocycles. The number of fused-ring (bicyclic) bond motifs is 1. The summed E-state index contributed by atoms with van der Waals surface area (Å²) in [6.45, 7) is 9.34. The van der Waals surface area contributed by atoms with E-state index in [-0.39, 0.29) is 24.3 Å². The van der Waals surface area contributed by atoms with Gasteiger partial charge in [0.2, 0.25) is 0 Å². The SMILES string of the molecule is Cc1ccc(-c2noc(=O)[nH]2)cc1Oc1nc2nc(-c3ccc(C4(O)CCC4)cc3)c(F)cc2n1COCC[Si](C)(C)C. The Balaban J connectivity index is 1.36. The number of imidazole rings is 1. The normalized spacial score (nSPS) is 14.7. The van der Waals surface area contributed by atoms with Gasteiger partial charge in [-0.2, -0.15) is 4.98 Å². The van der Waals surface area contributed by atoms with E-state index in [0.29, 0.717) is 34.6 Å². The fourth-order valence-corrected chi connectivity index (χ4v) is 5.75. The summed E-state index contributed by atoms with van der Waals surface area (Å²) in [6, 6.07) is 15.1. The van der Waals surface area contributed by atoms with Gasteiger partial charge in [-0.15, -0.1) is 0 Å². The van der Waals surface area contributed by atoms with Crippen molar-refractivity contribution in [2.45, 2.75) is 64.2 Å². The molecule has 0 unspecified atom stereocenters. The van der Waals surface area contributed by atoms with Gasteiger partial charge < -0.3 is 14.6 Å². The summed E-state index contributed by atoms with van der Waals surface area (Å²) in [5, 5.41) is 14.4. The zero-order valence-corrected chi connectivity index (χ0v) is 25.6. The van der Waals surface area contributed by atoms with Gasteiger partial charge in [-0.05, 0) is 49.4 Å². The third-order valence-electron chi connectivity index (χ3n) is 7.86. The molecule has 0 amide bonds. The van der Waals surface area contributed by atoms with E-state index in [1.54, 1.807) is 28.8 Å². The lowest BCUT2D eigenvalue weighted by Crippen LogP contribution is -2.33. The lowest BCUT2D eigenvalue weighted by molar-refractivity contribution is -0.0387. The predicted octanol–water partition coefficient (Wildman–Crippen LogP) is 6.37. The molecule has 10 nitrogen and oxygen atoms in total. The van der Waals surface area contributed by atoms with Gasteiger partial charge in [0.05, 0.1) is 11.1 Å². The highest BCUT2D eigenvalue weighted by Crippen LogP contribution is 2.41. The quantitative estimate of drug-likeness (QED) is 0.139. The Bertz CT molecular complexity index is 1840. The molecule has 0 radical (unpaired) electrons. The molecule has 0 aliphatic heterocycles. The molecule has 1 aliphatic rings. The Morgan fingerprint density at radius 3 is 2.49 bits per heavy atom. The second kappa shape index (κ2) is 11.2. The molecule has 3 aromatic heterocycles. The highest BCUT2D eigenvalue weighted by atomic mass is 28.3. The van der Waals surface area contributed by atoms with E-state index in [2.05, 4.69) is 44.3 Å². The Hall–Kier alpha value is -4.13. The minimum Gasteiger partial charge on any atom is -0.425 e. The molecule has 5 aromatic rings. The summed E-state index contributed by atoms with van der Waals surface area (Å²) in [4.78, 5) is 23.3. The van der Waals surface area contributed by atoms with E-state index in [9.17, 15) is 9.90 Å². The second-order valence-electron chi connectivity index (χ2n) is 12.3. The maximum atomic E-state index is 15.6. The van der Waals surface area contributed by atoms with Gasteiger partial charge in [0.1, 0.15) is 18.2 Å². The number of nitrogens with one attached hydrogen (secondary N) is 1. The van der Waals surface area contributed by atoms with Crippen molar-refractivity contribution in [3.8, 4) is 34.4 Å². The number of pyridine rings is 1. The summed E-state index contributed by atoms with van der Waals surface area (Å²) in [7, 11) is -1.33. The Kier molecular flexibility index (Phi) is 7.53. The van der Waals surface area contributed by atoms with Crippen molar-refractivity contribution in [1.82, 2.24) is 24.7 Å². The van der Waals surface area contributed by atoms with E-state index >= 15 is 4.39 Å². The van der Waals surface area contributed by atoms with Crippen LogP contribution in [0.1, 0.15) is 30.4 Å². The number of ether oxygens (including phenoxy) is 2. The first-order valence-electron chi connectivity index (χ1n) is 14.3. The van der Waals surface area contributed by atoms with Crippen LogP contribution < -0.4 is 10.5 Å². The molecule has 1 fully saturated rings. The monoisotopic (exact) mass is 603 g/mol. The first-order chi connectivity index (χ1) is 20.5. The van der Waals surface area contributed by atoms with Crippen LogP contribution in [-0.2, 0) is 17.1 Å². The summed E-state index contributed by atoms with van der Waals surface area (Å²) < 4.78 is 34.2. The minimum absolute atomic E-state index is 0.0966. The standard InChI is InChI=1S/C31H34FN5O5Si/c1-19-6-7-21(27-35-30(38)42-36-27)16-25(19)41-29-34-28-24(37(29)18-40-14-15-43(2,3)4)17-23(32)26(33-28)20-8-10-22(11-9-20)31(39)12-5-13-31/h6-11,16-17,39H,5,12-15,18H2,1-4H3,(H,35,36,38). The predicted molar refractivity (Wildman–Crippen MR) is 162 cm³/mol. The van der Waals surface area contributed by atoms with Crippen LogP contribution >= 0.6 is 0 Å². The molecule has 0 atom stereocenters. The van der Waals surface area contributed by atoms with Crippen molar-refractivity contribution < 1.29 is 23.5 Å². The van der Waals surface area contributed by atoms with E-state index in [1.807, 2.05) is 25.1 Å². The van der Waals surface area contributed by atoms with Crippen LogP contribution in [0.2, 0.25) is 25.7 Å².